The lowest BCUT2D eigenvalue weighted by Gasteiger charge is -2.41. The van der Waals surface area contributed by atoms with Gasteiger partial charge in [-0.2, -0.15) is 0 Å². The maximum Gasteiger partial charge on any atom is 0.247 e. The molecule has 7 nitrogen and oxygen atoms in total. The van der Waals surface area contributed by atoms with Crippen LogP contribution in [0.1, 0.15) is 57.1 Å². The molecular formula is C24H33N5O2. The van der Waals surface area contributed by atoms with E-state index in [1.165, 1.54) is 0 Å². The van der Waals surface area contributed by atoms with Crippen LogP contribution in [0.25, 0.3) is 0 Å². The second kappa shape index (κ2) is 9.04. The van der Waals surface area contributed by atoms with Crippen LogP contribution in [0.4, 0.5) is 5.82 Å². The van der Waals surface area contributed by atoms with Crippen LogP contribution in [0.2, 0.25) is 0 Å². The number of rotatable bonds is 6. The molecule has 0 aliphatic carbocycles. The van der Waals surface area contributed by atoms with Gasteiger partial charge in [0.25, 0.3) is 0 Å². The number of benzene rings is 1. The first-order chi connectivity index (χ1) is 14.6. The summed E-state index contributed by atoms with van der Waals surface area (Å²) in [7, 11) is 0. The fourth-order valence-electron chi connectivity index (χ4n) is 4.12. The number of carbonyl (C=O) groups is 2. The van der Waals surface area contributed by atoms with Crippen molar-refractivity contribution in [3.63, 3.8) is 0 Å². The highest BCUT2D eigenvalue weighted by molar-refractivity contribution is 5.90. The zero-order chi connectivity index (χ0) is 22.6. The molecule has 7 heteroatoms. The summed E-state index contributed by atoms with van der Waals surface area (Å²) >= 11 is 0. The number of nitrogens with one attached hydrogen (secondary N) is 1. The van der Waals surface area contributed by atoms with Gasteiger partial charge in [-0.25, -0.2) is 9.97 Å². The molecule has 0 unspecified atom stereocenters. The molecule has 2 amide bonds. The Labute approximate surface area is 184 Å². The number of nitrogens with two attached hydrogens (primary N) is 1. The molecule has 1 saturated heterocycles. The van der Waals surface area contributed by atoms with Crippen molar-refractivity contribution in [2.45, 2.75) is 64.3 Å². The second-order valence-electron chi connectivity index (χ2n) is 9.24. The minimum Gasteiger partial charge on any atom is -0.384 e. The Morgan fingerprint density at radius 1 is 1.16 bits per heavy atom. The van der Waals surface area contributed by atoms with E-state index >= 15 is 0 Å². The Morgan fingerprint density at radius 2 is 1.81 bits per heavy atom. The molecule has 1 fully saturated rings. The van der Waals surface area contributed by atoms with Gasteiger partial charge in [0.15, 0.2) is 0 Å². The average molecular weight is 424 g/mol. The van der Waals surface area contributed by atoms with Crippen LogP contribution in [0, 0.1) is 6.92 Å². The first-order valence-electron chi connectivity index (χ1n) is 10.8. The normalized spacial score (nSPS) is 16.1. The van der Waals surface area contributed by atoms with Crippen LogP contribution in [0.3, 0.4) is 0 Å². The highest BCUT2D eigenvalue weighted by Crippen LogP contribution is 2.35. The maximum absolute atomic E-state index is 13.2. The van der Waals surface area contributed by atoms with Crippen molar-refractivity contribution >= 4 is 17.6 Å². The third-order valence-electron chi connectivity index (χ3n) is 6.10. The van der Waals surface area contributed by atoms with E-state index in [1.54, 1.807) is 13.8 Å². The smallest absolute Gasteiger partial charge is 0.247 e. The zero-order valence-corrected chi connectivity index (χ0v) is 18.9. The Bertz CT molecular complexity index is 914. The number of amides is 2. The highest BCUT2D eigenvalue weighted by atomic mass is 16.2. The minimum atomic E-state index is -0.947. The molecule has 1 aliphatic heterocycles. The SMILES string of the molecule is Cc1nc(N)cc(C2(C)CCN(C(=O)C(C)(C)NC(=O)CCc3ccccc3)CC2)n1. The Morgan fingerprint density at radius 3 is 2.42 bits per heavy atom. The number of hydrogen-bond acceptors (Lipinski definition) is 5. The average Bonchev–Trinajstić information content (AvgIpc) is 2.72. The molecule has 31 heavy (non-hydrogen) atoms. The lowest BCUT2D eigenvalue weighted by Crippen LogP contribution is -2.58. The summed E-state index contributed by atoms with van der Waals surface area (Å²) in [6.45, 7) is 8.77. The molecule has 1 aromatic heterocycles. The molecular weight excluding hydrogens is 390 g/mol. The van der Waals surface area contributed by atoms with Gasteiger partial charge in [-0.3, -0.25) is 9.59 Å². The molecule has 0 radical (unpaired) electrons. The van der Waals surface area contributed by atoms with Gasteiger partial charge < -0.3 is 16.0 Å². The molecule has 2 aromatic rings. The van der Waals surface area contributed by atoms with Gasteiger partial charge in [-0.05, 0) is 45.6 Å². The summed E-state index contributed by atoms with van der Waals surface area (Å²) in [5.41, 5.74) is 6.85. The maximum atomic E-state index is 13.2. The monoisotopic (exact) mass is 423 g/mol. The molecule has 3 N–H and O–H groups in total. The van der Waals surface area contributed by atoms with E-state index in [-0.39, 0.29) is 17.2 Å². The van der Waals surface area contributed by atoms with Crippen LogP contribution < -0.4 is 11.1 Å². The number of hydrogen-bond donors (Lipinski definition) is 2. The van der Waals surface area contributed by atoms with Crippen molar-refractivity contribution in [3.8, 4) is 0 Å². The quantitative estimate of drug-likeness (QED) is 0.744. The van der Waals surface area contributed by atoms with Crippen LogP contribution in [-0.4, -0.2) is 45.3 Å². The van der Waals surface area contributed by atoms with E-state index in [4.69, 9.17) is 5.73 Å². The largest absolute Gasteiger partial charge is 0.384 e. The number of carbonyl (C=O) groups excluding carboxylic acids is 2. The van der Waals surface area contributed by atoms with E-state index in [9.17, 15) is 9.59 Å². The number of piperidine rings is 1. The van der Waals surface area contributed by atoms with E-state index < -0.39 is 5.54 Å². The summed E-state index contributed by atoms with van der Waals surface area (Å²) in [4.78, 5) is 36.2. The number of aryl methyl sites for hydroxylation is 2. The van der Waals surface area contributed by atoms with Crippen molar-refractivity contribution in [2.24, 2.45) is 0 Å². The van der Waals surface area contributed by atoms with E-state index in [0.29, 0.717) is 37.6 Å². The van der Waals surface area contributed by atoms with Gasteiger partial charge in [0.2, 0.25) is 11.8 Å². The summed E-state index contributed by atoms with van der Waals surface area (Å²) in [6, 6.07) is 11.7. The van der Waals surface area contributed by atoms with Gasteiger partial charge in [0.05, 0.1) is 5.69 Å². The summed E-state index contributed by atoms with van der Waals surface area (Å²) in [5.74, 6) is 0.965. The number of likely N-dealkylation sites (tertiary alicyclic amines) is 1. The molecule has 0 saturated carbocycles. The molecule has 3 rings (SSSR count). The van der Waals surface area contributed by atoms with Crippen molar-refractivity contribution in [2.75, 3.05) is 18.8 Å². The standard InChI is InChI=1S/C24H33N5O2/c1-17-26-19(16-20(25)27-17)24(4)12-14-29(15-13-24)22(31)23(2,3)28-21(30)11-10-18-8-6-5-7-9-18/h5-9,16H,10-15H2,1-4H3,(H,28,30)(H2,25,26,27). The number of nitrogen functional groups attached to an aromatic ring is 1. The molecule has 166 valence electrons. The Balaban J connectivity index is 1.56. The van der Waals surface area contributed by atoms with Crippen LogP contribution >= 0.6 is 0 Å². The van der Waals surface area contributed by atoms with E-state index in [2.05, 4.69) is 22.2 Å². The van der Waals surface area contributed by atoms with Crippen molar-refractivity contribution < 1.29 is 9.59 Å². The first kappa shape index (κ1) is 22.7. The molecule has 0 atom stereocenters. The fourth-order valence-corrected chi connectivity index (χ4v) is 4.12. The highest BCUT2D eigenvalue weighted by Gasteiger charge is 2.39. The summed E-state index contributed by atoms with van der Waals surface area (Å²) in [5, 5.41) is 2.92. The predicted molar refractivity (Wildman–Crippen MR) is 121 cm³/mol. The number of nitrogens with zero attached hydrogens (tertiary/aromatic N) is 3. The van der Waals surface area contributed by atoms with Gasteiger partial charge in [-0.15, -0.1) is 0 Å². The fraction of sp³-hybridized carbons (Fsp3) is 0.500. The first-order valence-corrected chi connectivity index (χ1v) is 10.8. The number of aromatic nitrogens is 2. The summed E-state index contributed by atoms with van der Waals surface area (Å²) < 4.78 is 0. The Kier molecular flexibility index (Phi) is 6.62. The van der Waals surface area contributed by atoms with Crippen LogP contribution in [0.5, 0.6) is 0 Å². The van der Waals surface area contributed by atoms with E-state index in [0.717, 1.165) is 24.1 Å². The van der Waals surface area contributed by atoms with Gasteiger partial charge >= 0.3 is 0 Å². The van der Waals surface area contributed by atoms with E-state index in [1.807, 2.05) is 48.2 Å². The van der Waals surface area contributed by atoms with Crippen molar-refractivity contribution in [3.05, 3.63) is 53.5 Å². The lowest BCUT2D eigenvalue weighted by atomic mass is 9.77. The second-order valence-corrected chi connectivity index (χ2v) is 9.24. The third-order valence-corrected chi connectivity index (χ3v) is 6.10. The molecule has 2 heterocycles. The van der Waals surface area contributed by atoms with Crippen molar-refractivity contribution in [1.29, 1.82) is 0 Å². The third kappa shape index (κ3) is 5.60. The Hall–Kier alpha value is -2.96. The minimum absolute atomic E-state index is 0.0546. The van der Waals surface area contributed by atoms with Crippen molar-refractivity contribution in [1.82, 2.24) is 20.2 Å². The zero-order valence-electron chi connectivity index (χ0n) is 18.9. The molecule has 0 bridgehead atoms. The number of anilines is 1. The summed E-state index contributed by atoms with van der Waals surface area (Å²) in [6.07, 6.45) is 2.58. The van der Waals surface area contributed by atoms with Gasteiger partial charge in [-0.1, -0.05) is 37.3 Å². The lowest BCUT2D eigenvalue weighted by molar-refractivity contribution is -0.141. The van der Waals surface area contributed by atoms with Gasteiger partial charge in [0, 0.05) is 31.0 Å². The van der Waals surface area contributed by atoms with Gasteiger partial charge in [0.1, 0.15) is 17.2 Å². The predicted octanol–water partition coefficient (Wildman–Crippen LogP) is 2.77. The topological polar surface area (TPSA) is 101 Å². The molecule has 0 spiro atoms. The molecule has 1 aliphatic rings. The van der Waals surface area contributed by atoms with Crippen LogP contribution in [-0.2, 0) is 21.4 Å². The van der Waals surface area contributed by atoms with Crippen LogP contribution in [0.15, 0.2) is 36.4 Å². The molecule has 1 aromatic carbocycles.